The SMILES string of the molecule is COc1ccc(Cn2nnnc2SC(C(=O)NC2CC2)c2ccc(F)cc2)cc1. The molecule has 4 rings (SSSR count). The third kappa shape index (κ3) is 4.92. The zero-order valence-electron chi connectivity index (χ0n) is 15.8. The highest BCUT2D eigenvalue weighted by Gasteiger charge is 2.30. The van der Waals surface area contributed by atoms with Crippen LogP contribution in [0.2, 0.25) is 0 Å². The molecule has 1 aromatic heterocycles. The van der Waals surface area contributed by atoms with E-state index >= 15 is 0 Å². The number of halogens is 1. The van der Waals surface area contributed by atoms with Gasteiger partial charge in [-0.1, -0.05) is 36.0 Å². The number of methoxy groups -OCH3 is 1. The minimum absolute atomic E-state index is 0.122. The molecule has 1 unspecified atom stereocenters. The molecule has 29 heavy (non-hydrogen) atoms. The molecule has 0 saturated heterocycles. The normalized spacial score (nSPS) is 14.4. The minimum atomic E-state index is -0.572. The minimum Gasteiger partial charge on any atom is -0.497 e. The average molecular weight is 413 g/mol. The summed E-state index contributed by atoms with van der Waals surface area (Å²) in [5.41, 5.74) is 1.70. The molecule has 1 amide bonds. The number of hydrogen-bond donors (Lipinski definition) is 1. The summed E-state index contributed by atoms with van der Waals surface area (Å²) in [7, 11) is 1.62. The summed E-state index contributed by atoms with van der Waals surface area (Å²) in [6, 6.07) is 13.8. The Morgan fingerprint density at radius 2 is 1.97 bits per heavy atom. The molecule has 7 nitrogen and oxygen atoms in total. The van der Waals surface area contributed by atoms with Crippen LogP contribution in [0.5, 0.6) is 5.75 Å². The first-order valence-electron chi connectivity index (χ1n) is 9.24. The van der Waals surface area contributed by atoms with Crippen LogP contribution in [0.4, 0.5) is 4.39 Å². The van der Waals surface area contributed by atoms with Crippen LogP contribution < -0.4 is 10.1 Å². The number of carbonyl (C=O) groups excluding carboxylic acids is 1. The number of carbonyl (C=O) groups is 1. The first kappa shape index (κ1) is 19.4. The lowest BCUT2D eigenvalue weighted by atomic mass is 10.1. The Balaban J connectivity index is 1.54. The van der Waals surface area contributed by atoms with Crippen molar-refractivity contribution in [2.45, 2.75) is 35.8 Å². The highest BCUT2D eigenvalue weighted by molar-refractivity contribution is 8.00. The van der Waals surface area contributed by atoms with Crippen molar-refractivity contribution < 1.29 is 13.9 Å². The van der Waals surface area contributed by atoms with Crippen LogP contribution in [-0.4, -0.2) is 39.3 Å². The van der Waals surface area contributed by atoms with Gasteiger partial charge in [0.1, 0.15) is 16.8 Å². The topological polar surface area (TPSA) is 81.9 Å². The second-order valence-corrected chi connectivity index (χ2v) is 7.87. The first-order valence-corrected chi connectivity index (χ1v) is 10.1. The Labute approximate surface area is 171 Å². The van der Waals surface area contributed by atoms with Gasteiger partial charge in [0.25, 0.3) is 0 Å². The van der Waals surface area contributed by atoms with Gasteiger partial charge in [-0.3, -0.25) is 4.79 Å². The lowest BCUT2D eigenvalue weighted by molar-refractivity contribution is -0.120. The van der Waals surface area contributed by atoms with Gasteiger partial charge in [-0.25, -0.2) is 9.07 Å². The molecule has 0 spiro atoms. The summed E-state index contributed by atoms with van der Waals surface area (Å²) in [5.74, 6) is 0.306. The molecule has 0 aliphatic heterocycles. The fourth-order valence-corrected chi connectivity index (χ4v) is 3.79. The molecule has 1 fully saturated rings. The van der Waals surface area contributed by atoms with Crippen LogP contribution >= 0.6 is 11.8 Å². The van der Waals surface area contributed by atoms with Gasteiger partial charge in [-0.15, -0.1) is 5.10 Å². The number of benzene rings is 2. The Morgan fingerprint density at radius 1 is 1.24 bits per heavy atom. The van der Waals surface area contributed by atoms with Gasteiger partial charge in [0.2, 0.25) is 11.1 Å². The van der Waals surface area contributed by atoms with Gasteiger partial charge < -0.3 is 10.1 Å². The first-order chi connectivity index (χ1) is 14.1. The van der Waals surface area contributed by atoms with E-state index in [-0.39, 0.29) is 17.8 Å². The van der Waals surface area contributed by atoms with Crippen LogP contribution in [0.1, 0.15) is 29.2 Å². The zero-order valence-corrected chi connectivity index (χ0v) is 16.6. The maximum absolute atomic E-state index is 13.4. The maximum atomic E-state index is 13.4. The summed E-state index contributed by atoms with van der Waals surface area (Å²) >= 11 is 1.25. The molecule has 150 valence electrons. The van der Waals surface area contributed by atoms with Crippen LogP contribution in [0, 0.1) is 5.82 Å². The number of hydrogen-bond acceptors (Lipinski definition) is 6. The van der Waals surface area contributed by atoms with Gasteiger partial charge in [-0.2, -0.15) is 0 Å². The van der Waals surface area contributed by atoms with E-state index in [0.717, 1.165) is 24.2 Å². The number of tetrazole rings is 1. The van der Waals surface area contributed by atoms with Crippen molar-refractivity contribution in [1.29, 1.82) is 0 Å². The Bertz CT molecular complexity index is 973. The van der Waals surface area contributed by atoms with Crippen molar-refractivity contribution in [2.75, 3.05) is 7.11 Å². The van der Waals surface area contributed by atoms with E-state index < -0.39 is 5.25 Å². The fourth-order valence-electron chi connectivity index (χ4n) is 2.80. The van der Waals surface area contributed by atoms with E-state index in [1.165, 1.54) is 23.9 Å². The number of rotatable bonds is 8. The lowest BCUT2D eigenvalue weighted by Gasteiger charge is -2.16. The van der Waals surface area contributed by atoms with Gasteiger partial charge in [0.05, 0.1) is 13.7 Å². The van der Waals surface area contributed by atoms with Gasteiger partial charge in [0, 0.05) is 6.04 Å². The van der Waals surface area contributed by atoms with Crippen molar-refractivity contribution in [3.63, 3.8) is 0 Å². The molecule has 0 bridgehead atoms. The summed E-state index contributed by atoms with van der Waals surface area (Å²) < 4.78 is 20.2. The lowest BCUT2D eigenvalue weighted by Crippen LogP contribution is -2.30. The van der Waals surface area contributed by atoms with E-state index in [1.54, 1.807) is 23.9 Å². The molecular weight excluding hydrogens is 393 g/mol. The number of aromatic nitrogens is 4. The highest BCUT2D eigenvalue weighted by Crippen LogP contribution is 2.35. The van der Waals surface area contributed by atoms with Crippen molar-refractivity contribution in [1.82, 2.24) is 25.5 Å². The Morgan fingerprint density at radius 3 is 2.62 bits per heavy atom. The summed E-state index contributed by atoms with van der Waals surface area (Å²) in [6.45, 7) is 0.458. The summed E-state index contributed by atoms with van der Waals surface area (Å²) in [6.07, 6.45) is 1.98. The average Bonchev–Trinajstić information content (AvgIpc) is 3.44. The molecule has 1 N–H and O–H groups in total. The van der Waals surface area contributed by atoms with Crippen molar-refractivity contribution in [2.24, 2.45) is 0 Å². The van der Waals surface area contributed by atoms with Gasteiger partial charge in [-0.05, 0) is 58.7 Å². The third-order valence-corrected chi connectivity index (χ3v) is 5.77. The molecule has 1 saturated carbocycles. The second-order valence-electron chi connectivity index (χ2n) is 6.80. The molecule has 1 heterocycles. The van der Waals surface area contributed by atoms with Gasteiger partial charge in [0.15, 0.2) is 0 Å². The predicted octanol–water partition coefficient (Wildman–Crippen LogP) is 2.98. The predicted molar refractivity (Wildman–Crippen MR) is 106 cm³/mol. The monoisotopic (exact) mass is 413 g/mol. The largest absolute Gasteiger partial charge is 0.497 e. The van der Waals surface area contributed by atoms with E-state index in [1.807, 2.05) is 24.3 Å². The third-order valence-electron chi connectivity index (χ3n) is 4.55. The number of ether oxygens (including phenoxy) is 1. The van der Waals surface area contributed by atoms with Crippen LogP contribution in [0.15, 0.2) is 53.7 Å². The van der Waals surface area contributed by atoms with E-state index in [0.29, 0.717) is 17.3 Å². The van der Waals surface area contributed by atoms with Crippen molar-refractivity contribution in [3.8, 4) is 5.75 Å². The number of thioether (sulfide) groups is 1. The molecule has 3 aromatic rings. The quantitative estimate of drug-likeness (QED) is 0.572. The zero-order chi connectivity index (χ0) is 20.2. The number of amides is 1. The standard InChI is InChI=1S/C20H20FN5O2S/c1-28-17-10-2-13(3-11-17)12-26-20(23-24-25-26)29-18(19(27)22-16-8-9-16)14-4-6-15(21)7-5-14/h2-7,10-11,16,18H,8-9,12H2,1H3,(H,22,27). The second kappa shape index (κ2) is 8.60. The molecule has 9 heteroatoms. The van der Waals surface area contributed by atoms with Crippen LogP contribution in [-0.2, 0) is 11.3 Å². The molecule has 1 aliphatic rings. The van der Waals surface area contributed by atoms with E-state index in [4.69, 9.17) is 4.74 Å². The summed E-state index contributed by atoms with van der Waals surface area (Å²) in [5, 5.41) is 14.9. The van der Waals surface area contributed by atoms with Crippen LogP contribution in [0.3, 0.4) is 0 Å². The molecule has 0 radical (unpaired) electrons. The van der Waals surface area contributed by atoms with Crippen molar-refractivity contribution >= 4 is 17.7 Å². The molecule has 1 aliphatic carbocycles. The molecule has 1 atom stereocenters. The van der Waals surface area contributed by atoms with E-state index in [9.17, 15) is 9.18 Å². The molecule has 2 aromatic carbocycles. The maximum Gasteiger partial charge on any atom is 0.238 e. The smallest absolute Gasteiger partial charge is 0.238 e. The number of nitrogens with one attached hydrogen (secondary N) is 1. The van der Waals surface area contributed by atoms with E-state index in [2.05, 4.69) is 20.8 Å². The molecular formula is C20H20FN5O2S. The highest BCUT2D eigenvalue weighted by atomic mass is 32.2. The summed E-state index contributed by atoms with van der Waals surface area (Å²) in [4.78, 5) is 12.8. The van der Waals surface area contributed by atoms with Crippen molar-refractivity contribution in [3.05, 3.63) is 65.5 Å². The van der Waals surface area contributed by atoms with Crippen LogP contribution in [0.25, 0.3) is 0 Å². The number of nitrogens with zero attached hydrogens (tertiary/aromatic N) is 4. The van der Waals surface area contributed by atoms with Gasteiger partial charge >= 0.3 is 0 Å². The Kier molecular flexibility index (Phi) is 5.75. The Hall–Kier alpha value is -2.94. The fraction of sp³-hybridized carbons (Fsp3) is 0.300.